The first kappa shape index (κ1) is 20.0. The molecular formula is C21H26N2O2S. The van der Waals surface area contributed by atoms with Crippen LogP contribution in [0.15, 0.2) is 54.6 Å². The van der Waals surface area contributed by atoms with Crippen molar-refractivity contribution in [2.45, 2.75) is 26.0 Å². The number of hydrogen-bond acceptors (Lipinski definition) is 3. The lowest BCUT2D eigenvalue weighted by Gasteiger charge is -2.18. The first-order chi connectivity index (χ1) is 12.5. The minimum Gasteiger partial charge on any atom is -0.339 e. The lowest BCUT2D eigenvalue weighted by molar-refractivity contribution is -0.113. The largest absolute Gasteiger partial charge is 0.339 e. The average molecular weight is 371 g/mol. The molecule has 0 aliphatic carbocycles. The molecule has 0 saturated carbocycles. The van der Waals surface area contributed by atoms with Crippen molar-refractivity contribution in [2.75, 3.05) is 24.2 Å². The predicted molar refractivity (Wildman–Crippen MR) is 110 cm³/mol. The van der Waals surface area contributed by atoms with Crippen molar-refractivity contribution in [1.82, 2.24) is 4.90 Å². The van der Waals surface area contributed by atoms with Crippen LogP contribution in [0.2, 0.25) is 0 Å². The zero-order valence-corrected chi connectivity index (χ0v) is 16.4. The van der Waals surface area contributed by atoms with E-state index in [-0.39, 0.29) is 17.1 Å². The van der Waals surface area contributed by atoms with Gasteiger partial charge in [-0.15, -0.1) is 11.8 Å². The first-order valence-corrected chi connectivity index (χ1v) is 9.95. The fourth-order valence-corrected chi connectivity index (χ4v) is 3.43. The number of nitrogens with zero attached hydrogens (tertiary/aromatic N) is 1. The van der Waals surface area contributed by atoms with Gasteiger partial charge in [0.25, 0.3) is 5.91 Å². The van der Waals surface area contributed by atoms with E-state index in [1.165, 1.54) is 5.56 Å². The maximum atomic E-state index is 12.3. The van der Waals surface area contributed by atoms with Crippen molar-refractivity contribution in [3.8, 4) is 0 Å². The molecular weight excluding hydrogens is 344 g/mol. The third-order valence-corrected chi connectivity index (χ3v) is 5.40. The average Bonchev–Trinajstić information content (AvgIpc) is 2.68. The van der Waals surface area contributed by atoms with Crippen molar-refractivity contribution in [3.63, 3.8) is 0 Å². The minimum absolute atomic E-state index is 0.0140. The summed E-state index contributed by atoms with van der Waals surface area (Å²) in [6, 6.07) is 17.2. The summed E-state index contributed by atoms with van der Waals surface area (Å²) in [5.74, 6) is 0.358. The number of anilines is 1. The highest BCUT2D eigenvalue weighted by Crippen LogP contribution is 2.27. The number of benzene rings is 2. The topological polar surface area (TPSA) is 49.4 Å². The van der Waals surface area contributed by atoms with Crippen LogP contribution in [0.25, 0.3) is 0 Å². The van der Waals surface area contributed by atoms with E-state index in [4.69, 9.17) is 0 Å². The Hall–Kier alpha value is -2.27. The SMILES string of the molecule is CCN(CC)C(=O)c1ccc(NC(=O)CSC(C)c2ccccc2)cc1. The van der Waals surface area contributed by atoms with Crippen LogP contribution in [-0.2, 0) is 4.79 Å². The van der Waals surface area contributed by atoms with Crippen LogP contribution in [-0.4, -0.2) is 35.6 Å². The van der Waals surface area contributed by atoms with Gasteiger partial charge in [-0.3, -0.25) is 9.59 Å². The molecule has 1 atom stereocenters. The monoisotopic (exact) mass is 370 g/mol. The minimum atomic E-state index is -0.0411. The smallest absolute Gasteiger partial charge is 0.253 e. The maximum absolute atomic E-state index is 12.3. The fraction of sp³-hybridized carbons (Fsp3) is 0.333. The molecule has 0 radical (unpaired) electrons. The first-order valence-electron chi connectivity index (χ1n) is 8.90. The molecule has 1 unspecified atom stereocenters. The normalized spacial score (nSPS) is 11.7. The van der Waals surface area contributed by atoms with Gasteiger partial charge in [0.2, 0.25) is 5.91 Å². The van der Waals surface area contributed by atoms with E-state index in [9.17, 15) is 9.59 Å². The summed E-state index contributed by atoms with van der Waals surface area (Å²) in [6.07, 6.45) is 0. The summed E-state index contributed by atoms with van der Waals surface area (Å²) in [4.78, 5) is 26.2. The zero-order valence-electron chi connectivity index (χ0n) is 15.6. The molecule has 0 aliphatic heterocycles. The third kappa shape index (κ3) is 5.63. The standard InChI is InChI=1S/C21H26N2O2S/c1-4-23(5-2)21(25)18-11-13-19(14-12-18)22-20(24)15-26-16(3)17-9-7-6-8-10-17/h6-14,16H,4-5,15H2,1-3H3,(H,22,24). The number of rotatable bonds is 8. The molecule has 1 N–H and O–H groups in total. The molecule has 2 aromatic rings. The lowest BCUT2D eigenvalue weighted by atomic mass is 10.2. The van der Waals surface area contributed by atoms with Gasteiger partial charge in [0.1, 0.15) is 0 Å². The molecule has 2 rings (SSSR count). The Morgan fingerprint density at radius 1 is 1.00 bits per heavy atom. The second-order valence-corrected chi connectivity index (χ2v) is 7.30. The Morgan fingerprint density at radius 3 is 2.19 bits per heavy atom. The summed E-state index contributed by atoms with van der Waals surface area (Å²) in [6.45, 7) is 7.39. The van der Waals surface area contributed by atoms with E-state index in [1.807, 2.05) is 32.0 Å². The van der Waals surface area contributed by atoms with E-state index in [0.717, 1.165) is 0 Å². The number of thioether (sulfide) groups is 1. The number of carbonyl (C=O) groups excluding carboxylic acids is 2. The summed E-state index contributed by atoms with van der Waals surface area (Å²) < 4.78 is 0. The van der Waals surface area contributed by atoms with Crippen LogP contribution < -0.4 is 5.32 Å². The van der Waals surface area contributed by atoms with E-state index in [0.29, 0.717) is 30.1 Å². The Balaban J connectivity index is 1.86. The van der Waals surface area contributed by atoms with E-state index in [1.54, 1.807) is 40.9 Å². The van der Waals surface area contributed by atoms with Crippen molar-refractivity contribution in [3.05, 3.63) is 65.7 Å². The van der Waals surface area contributed by atoms with Gasteiger partial charge in [0.05, 0.1) is 5.75 Å². The maximum Gasteiger partial charge on any atom is 0.253 e. The molecule has 0 fully saturated rings. The van der Waals surface area contributed by atoms with Gasteiger partial charge in [-0.2, -0.15) is 0 Å². The second kappa shape index (κ2) is 10.0. The predicted octanol–water partition coefficient (Wildman–Crippen LogP) is 4.60. The van der Waals surface area contributed by atoms with Crippen LogP contribution >= 0.6 is 11.8 Å². The lowest BCUT2D eigenvalue weighted by Crippen LogP contribution is -2.30. The van der Waals surface area contributed by atoms with Gasteiger partial charge >= 0.3 is 0 Å². The van der Waals surface area contributed by atoms with E-state index in [2.05, 4.69) is 24.4 Å². The van der Waals surface area contributed by atoms with Crippen molar-refractivity contribution in [1.29, 1.82) is 0 Å². The van der Waals surface area contributed by atoms with Gasteiger partial charge in [0.15, 0.2) is 0 Å². The molecule has 2 aromatic carbocycles. The number of hydrogen-bond donors (Lipinski definition) is 1. The van der Waals surface area contributed by atoms with Crippen LogP contribution in [0.1, 0.15) is 41.9 Å². The summed E-state index contributed by atoms with van der Waals surface area (Å²) >= 11 is 1.60. The second-order valence-electron chi connectivity index (χ2n) is 5.97. The summed E-state index contributed by atoms with van der Waals surface area (Å²) in [7, 11) is 0. The van der Waals surface area contributed by atoms with E-state index >= 15 is 0 Å². The van der Waals surface area contributed by atoms with Crippen LogP contribution in [0, 0.1) is 0 Å². The van der Waals surface area contributed by atoms with Crippen LogP contribution in [0.3, 0.4) is 0 Å². The molecule has 0 aliphatic rings. The van der Waals surface area contributed by atoms with Gasteiger partial charge in [-0.25, -0.2) is 0 Å². The van der Waals surface area contributed by atoms with Crippen molar-refractivity contribution >= 4 is 29.3 Å². The Labute approximate surface area is 160 Å². The third-order valence-electron chi connectivity index (χ3n) is 4.20. The molecule has 0 saturated heterocycles. The number of carbonyl (C=O) groups is 2. The van der Waals surface area contributed by atoms with Gasteiger partial charge in [-0.1, -0.05) is 30.3 Å². The molecule has 0 heterocycles. The highest BCUT2D eigenvalue weighted by Gasteiger charge is 2.13. The molecule has 26 heavy (non-hydrogen) atoms. The van der Waals surface area contributed by atoms with Crippen molar-refractivity contribution < 1.29 is 9.59 Å². The summed E-state index contributed by atoms with van der Waals surface area (Å²) in [5, 5.41) is 3.15. The number of nitrogens with one attached hydrogen (secondary N) is 1. The summed E-state index contributed by atoms with van der Waals surface area (Å²) in [5.41, 5.74) is 2.56. The van der Waals surface area contributed by atoms with Gasteiger partial charge in [-0.05, 0) is 50.6 Å². The molecule has 2 amide bonds. The Kier molecular flexibility index (Phi) is 7.73. The fourth-order valence-electron chi connectivity index (χ4n) is 2.61. The molecule has 138 valence electrons. The zero-order chi connectivity index (χ0) is 18.9. The highest BCUT2D eigenvalue weighted by molar-refractivity contribution is 8.00. The van der Waals surface area contributed by atoms with Gasteiger partial charge in [0, 0.05) is 29.6 Å². The van der Waals surface area contributed by atoms with Gasteiger partial charge < -0.3 is 10.2 Å². The molecule has 5 heteroatoms. The van der Waals surface area contributed by atoms with Crippen LogP contribution in [0.4, 0.5) is 5.69 Å². The van der Waals surface area contributed by atoms with Crippen LogP contribution in [0.5, 0.6) is 0 Å². The Bertz CT molecular complexity index is 713. The number of amides is 2. The molecule has 0 bridgehead atoms. The quantitative estimate of drug-likeness (QED) is 0.739. The molecule has 0 spiro atoms. The molecule has 0 aromatic heterocycles. The van der Waals surface area contributed by atoms with Crippen molar-refractivity contribution in [2.24, 2.45) is 0 Å². The Morgan fingerprint density at radius 2 is 1.62 bits per heavy atom. The highest BCUT2D eigenvalue weighted by atomic mass is 32.2. The van der Waals surface area contributed by atoms with E-state index < -0.39 is 0 Å². The molecule has 4 nitrogen and oxygen atoms in total.